The molecule has 1 aromatic carbocycles. The first-order valence-electron chi connectivity index (χ1n) is 5.35. The maximum Gasteiger partial charge on any atom is 0.149 e. The van der Waals surface area contributed by atoms with Crippen LogP contribution in [0.3, 0.4) is 0 Å². The number of hydrogen-bond acceptors (Lipinski definition) is 4. The first kappa shape index (κ1) is 15.0. The van der Waals surface area contributed by atoms with E-state index < -0.39 is 9.84 Å². The molecule has 0 fully saturated rings. The molecule has 0 saturated heterocycles. The topological polar surface area (TPSA) is 61.2 Å². The Hall–Kier alpha value is -1.06. The van der Waals surface area contributed by atoms with E-state index in [1.165, 1.54) is 6.26 Å². The molecule has 0 spiro atoms. The third kappa shape index (κ3) is 4.31. The highest BCUT2D eigenvalue weighted by molar-refractivity contribution is 9.08. The summed E-state index contributed by atoms with van der Waals surface area (Å²) in [6.07, 6.45) is 1.21. The predicted octanol–water partition coefficient (Wildman–Crippen LogP) is 1.93. The minimum Gasteiger partial charge on any atom is -0.373 e. The van der Waals surface area contributed by atoms with Gasteiger partial charge in [-0.25, -0.2) is 8.42 Å². The van der Waals surface area contributed by atoms with Crippen LogP contribution in [0, 0.1) is 11.3 Å². The maximum atomic E-state index is 11.1. The van der Waals surface area contributed by atoms with Crippen molar-refractivity contribution in [3.63, 3.8) is 0 Å². The second-order valence-electron chi connectivity index (χ2n) is 4.15. The molecular weight excluding hydrogens is 316 g/mol. The van der Waals surface area contributed by atoms with Gasteiger partial charge < -0.3 is 4.90 Å². The number of alkyl halides is 1. The quantitative estimate of drug-likeness (QED) is 0.774. The number of nitriles is 1. The Balaban J connectivity index is 2.92. The van der Waals surface area contributed by atoms with Gasteiger partial charge in [-0.15, -0.1) is 0 Å². The lowest BCUT2D eigenvalue weighted by atomic mass is 10.1. The lowest BCUT2D eigenvalue weighted by Crippen LogP contribution is -2.25. The fourth-order valence-corrected chi connectivity index (χ4v) is 2.47. The molecule has 0 aliphatic rings. The van der Waals surface area contributed by atoms with Crippen molar-refractivity contribution in [1.29, 1.82) is 5.26 Å². The van der Waals surface area contributed by atoms with Crippen molar-refractivity contribution in [2.24, 2.45) is 0 Å². The van der Waals surface area contributed by atoms with Crippen LogP contribution in [0.15, 0.2) is 18.2 Å². The van der Waals surface area contributed by atoms with Crippen molar-refractivity contribution in [3.8, 4) is 6.07 Å². The fraction of sp³-hybridized carbons (Fsp3) is 0.417. The number of anilines is 1. The number of hydrogen-bond donors (Lipinski definition) is 0. The summed E-state index contributed by atoms with van der Waals surface area (Å²) in [6, 6.07) is 7.71. The van der Waals surface area contributed by atoms with Gasteiger partial charge in [-0.05, 0) is 17.7 Å². The highest BCUT2D eigenvalue weighted by atomic mass is 79.9. The zero-order chi connectivity index (χ0) is 13.8. The Labute approximate surface area is 116 Å². The normalized spacial score (nSPS) is 11.0. The van der Waals surface area contributed by atoms with Crippen LogP contribution in [-0.2, 0) is 15.2 Å². The molecule has 6 heteroatoms. The molecule has 0 bridgehead atoms. The third-order valence-corrected chi connectivity index (χ3v) is 4.12. The Kier molecular flexibility index (Phi) is 5.17. The Bertz CT molecular complexity index is 564. The first-order chi connectivity index (χ1) is 8.37. The Morgan fingerprint density at radius 3 is 2.61 bits per heavy atom. The lowest BCUT2D eigenvalue weighted by molar-refractivity contribution is 0.601. The number of nitrogens with zero attached hydrogens (tertiary/aromatic N) is 2. The van der Waals surface area contributed by atoms with E-state index in [9.17, 15) is 8.42 Å². The third-order valence-electron chi connectivity index (χ3n) is 2.54. The molecule has 0 aliphatic heterocycles. The second-order valence-corrected chi connectivity index (χ2v) is 6.97. The van der Waals surface area contributed by atoms with Crippen molar-refractivity contribution in [1.82, 2.24) is 0 Å². The summed E-state index contributed by atoms with van der Waals surface area (Å²) in [5.41, 5.74) is 2.33. The highest BCUT2D eigenvalue weighted by Crippen LogP contribution is 2.21. The molecule has 0 unspecified atom stereocenters. The zero-order valence-corrected chi connectivity index (χ0v) is 12.8. The van der Waals surface area contributed by atoms with E-state index >= 15 is 0 Å². The lowest BCUT2D eigenvalue weighted by Gasteiger charge is -2.20. The van der Waals surface area contributed by atoms with E-state index in [0.717, 1.165) is 11.3 Å². The summed E-state index contributed by atoms with van der Waals surface area (Å²) >= 11 is 3.34. The number of halogens is 1. The van der Waals surface area contributed by atoms with Crippen molar-refractivity contribution >= 4 is 31.5 Å². The Morgan fingerprint density at radius 1 is 1.44 bits per heavy atom. The van der Waals surface area contributed by atoms with Gasteiger partial charge in [0.15, 0.2) is 0 Å². The SMILES string of the molecule is CN(CCS(C)(=O)=O)c1ccc(CBr)cc1C#N. The molecule has 0 aromatic heterocycles. The van der Waals surface area contributed by atoms with E-state index in [2.05, 4.69) is 22.0 Å². The average Bonchev–Trinajstić information content (AvgIpc) is 2.34. The summed E-state index contributed by atoms with van der Waals surface area (Å²) in [5, 5.41) is 9.79. The molecule has 98 valence electrons. The van der Waals surface area contributed by atoms with Crippen LogP contribution >= 0.6 is 15.9 Å². The van der Waals surface area contributed by atoms with Crippen molar-refractivity contribution in [3.05, 3.63) is 29.3 Å². The summed E-state index contributed by atoms with van der Waals surface area (Å²) in [7, 11) is -1.20. The smallest absolute Gasteiger partial charge is 0.149 e. The number of sulfone groups is 1. The molecule has 0 radical (unpaired) electrons. The minimum atomic E-state index is -2.99. The van der Waals surface area contributed by atoms with Crippen LogP contribution in [0.1, 0.15) is 11.1 Å². The number of benzene rings is 1. The van der Waals surface area contributed by atoms with Gasteiger partial charge in [-0.1, -0.05) is 22.0 Å². The van der Waals surface area contributed by atoms with Gasteiger partial charge in [0.25, 0.3) is 0 Å². The molecule has 18 heavy (non-hydrogen) atoms. The first-order valence-corrected chi connectivity index (χ1v) is 8.53. The molecule has 0 aliphatic carbocycles. The summed E-state index contributed by atoms with van der Waals surface area (Å²) in [6.45, 7) is 0.376. The summed E-state index contributed by atoms with van der Waals surface area (Å²) in [4.78, 5) is 1.79. The van der Waals surface area contributed by atoms with Crippen LogP contribution < -0.4 is 4.90 Å². The van der Waals surface area contributed by atoms with Crippen LogP contribution in [0.5, 0.6) is 0 Å². The van der Waals surface area contributed by atoms with Gasteiger partial charge >= 0.3 is 0 Å². The molecule has 1 aromatic rings. The summed E-state index contributed by atoms with van der Waals surface area (Å²) in [5.74, 6) is 0.0779. The van der Waals surface area contributed by atoms with E-state index in [-0.39, 0.29) is 5.75 Å². The van der Waals surface area contributed by atoms with Crippen LogP contribution in [-0.4, -0.2) is 34.0 Å². The van der Waals surface area contributed by atoms with E-state index in [4.69, 9.17) is 5.26 Å². The molecule has 0 heterocycles. The average molecular weight is 331 g/mol. The van der Waals surface area contributed by atoms with Gasteiger partial charge in [-0.3, -0.25) is 0 Å². The van der Waals surface area contributed by atoms with Crippen LogP contribution in [0.25, 0.3) is 0 Å². The van der Waals surface area contributed by atoms with Crippen molar-refractivity contribution in [2.45, 2.75) is 5.33 Å². The predicted molar refractivity (Wildman–Crippen MR) is 76.8 cm³/mol. The summed E-state index contributed by atoms with van der Waals surface area (Å²) < 4.78 is 22.2. The standard InChI is InChI=1S/C12H15BrN2O2S/c1-15(5-6-18(2,16)17)12-4-3-10(8-13)7-11(12)9-14/h3-4,7H,5-6,8H2,1-2H3. The Morgan fingerprint density at radius 2 is 2.11 bits per heavy atom. The van der Waals surface area contributed by atoms with Crippen molar-refractivity contribution in [2.75, 3.05) is 30.5 Å². The minimum absolute atomic E-state index is 0.0779. The maximum absolute atomic E-state index is 11.1. The highest BCUT2D eigenvalue weighted by Gasteiger charge is 2.10. The van der Waals surface area contributed by atoms with E-state index in [1.54, 1.807) is 18.0 Å². The monoisotopic (exact) mass is 330 g/mol. The van der Waals surface area contributed by atoms with Crippen molar-refractivity contribution < 1.29 is 8.42 Å². The second kappa shape index (κ2) is 6.21. The largest absolute Gasteiger partial charge is 0.373 e. The molecule has 1 rings (SSSR count). The molecule has 0 atom stereocenters. The molecule has 0 N–H and O–H groups in total. The van der Waals surface area contributed by atoms with E-state index in [0.29, 0.717) is 17.4 Å². The fourth-order valence-electron chi connectivity index (χ4n) is 1.51. The molecule has 0 saturated carbocycles. The van der Waals surface area contributed by atoms with Gasteiger partial charge in [0.1, 0.15) is 15.9 Å². The van der Waals surface area contributed by atoms with Crippen LogP contribution in [0.2, 0.25) is 0 Å². The van der Waals surface area contributed by atoms with E-state index in [1.807, 2.05) is 12.1 Å². The zero-order valence-electron chi connectivity index (χ0n) is 10.4. The molecule has 4 nitrogen and oxygen atoms in total. The molecule has 0 amide bonds. The molecular formula is C12H15BrN2O2S. The number of rotatable bonds is 5. The van der Waals surface area contributed by atoms with Gasteiger partial charge in [0, 0.05) is 25.2 Å². The van der Waals surface area contributed by atoms with Gasteiger partial charge in [-0.2, -0.15) is 5.26 Å². The van der Waals surface area contributed by atoms with Gasteiger partial charge in [0.2, 0.25) is 0 Å². The van der Waals surface area contributed by atoms with Gasteiger partial charge in [0.05, 0.1) is 17.0 Å². The van der Waals surface area contributed by atoms with Crippen LogP contribution in [0.4, 0.5) is 5.69 Å².